The fourth-order valence-corrected chi connectivity index (χ4v) is 5.23. The highest BCUT2D eigenvalue weighted by molar-refractivity contribution is 9.10. The molecule has 0 unspecified atom stereocenters. The number of aryl methyl sites for hydroxylation is 1. The first-order valence-corrected chi connectivity index (χ1v) is 14.0. The molecule has 1 aromatic carbocycles. The SMILES string of the molecule is CC(=O)OC[C@H]1O[C@@H](OC2=NCC(C(C)C)=C2Cc2ccc(Br)cc2C)[C@H](OC(C)=O)[C@@H](OC(C)=O)[C@@H]1OC(C)=O. The molecule has 0 spiro atoms. The van der Waals surface area contributed by atoms with Crippen LogP contribution in [0, 0.1) is 12.8 Å². The van der Waals surface area contributed by atoms with Crippen LogP contribution in [-0.4, -0.2) is 73.6 Å². The van der Waals surface area contributed by atoms with Crippen molar-refractivity contribution < 1.29 is 47.6 Å². The Hall–Kier alpha value is -3.25. The van der Waals surface area contributed by atoms with Crippen molar-refractivity contribution in [3.05, 3.63) is 44.9 Å². The zero-order chi connectivity index (χ0) is 30.4. The minimum atomic E-state index is -1.35. The Morgan fingerprint density at radius 1 is 0.951 bits per heavy atom. The molecule has 5 atom stereocenters. The summed E-state index contributed by atoms with van der Waals surface area (Å²) < 4.78 is 35.0. The van der Waals surface area contributed by atoms with Gasteiger partial charge in [-0.2, -0.15) is 0 Å². The van der Waals surface area contributed by atoms with Gasteiger partial charge in [-0.3, -0.25) is 19.2 Å². The number of hydrogen-bond acceptors (Lipinski definition) is 11. The lowest BCUT2D eigenvalue weighted by Crippen LogP contribution is -2.63. The van der Waals surface area contributed by atoms with E-state index >= 15 is 0 Å². The predicted molar refractivity (Wildman–Crippen MR) is 150 cm³/mol. The van der Waals surface area contributed by atoms with Crippen LogP contribution in [-0.2, 0) is 54.0 Å². The van der Waals surface area contributed by atoms with E-state index in [9.17, 15) is 19.2 Å². The first-order chi connectivity index (χ1) is 19.3. The number of hydrogen-bond donors (Lipinski definition) is 0. The fourth-order valence-electron chi connectivity index (χ4n) is 4.76. The van der Waals surface area contributed by atoms with Crippen molar-refractivity contribution in [2.75, 3.05) is 13.2 Å². The maximum Gasteiger partial charge on any atom is 0.303 e. The Balaban J connectivity index is 2.02. The summed E-state index contributed by atoms with van der Waals surface area (Å²) in [6, 6.07) is 6.01. The van der Waals surface area contributed by atoms with E-state index in [1.54, 1.807) is 0 Å². The van der Waals surface area contributed by atoms with Crippen molar-refractivity contribution in [3.8, 4) is 0 Å². The molecule has 41 heavy (non-hydrogen) atoms. The Bertz CT molecular complexity index is 1240. The van der Waals surface area contributed by atoms with Crippen molar-refractivity contribution in [1.29, 1.82) is 0 Å². The second-order valence-corrected chi connectivity index (χ2v) is 11.1. The van der Waals surface area contributed by atoms with Crippen LogP contribution in [0.5, 0.6) is 0 Å². The summed E-state index contributed by atoms with van der Waals surface area (Å²) in [5, 5.41) is 0. The molecule has 11 nitrogen and oxygen atoms in total. The van der Waals surface area contributed by atoms with Crippen LogP contribution in [0.15, 0.2) is 38.8 Å². The lowest BCUT2D eigenvalue weighted by Gasteiger charge is -2.43. The number of ether oxygens (including phenoxy) is 6. The van der Waals surface area contributed by atoms with Crippen LogP contribution in [0.1, 0.15) is 52.7 Å². The highest BCUT2D eigenvalue weighted by atomic mass is 79.9. The van der Waals surface area contributed by atoms with Crippen molar-refractivity contribution >= 4 is 45.7 Å². The van der Waals surface area contributed by atoms with E-state index in [1.807, 2.05) is 25.1 Å². The fraction of sp³-hybridized carbons (Fsp3) is 0.552. The highest BCUT2D eigenvalue weighted by Gasteiger charge is 2.54. The maximum atomic E-state index is 12.2. The third kappa shape index (κ3) is 8.62. The number of carbonyl (C=O) groups excluding carboxylic acids is 4. The van der Waals surface area contributed by atoms with E-state index in [0.29, 0.717) is 13.0 Å². The summed E-state index contributed by atoms with van der Waals surface area (Å²) in [6.07, 6.45) is -5.87. The standard InChI is InChI=1S/C29H36BrNO10/c1-14(2)23-12-31-28(22(23)11-20-8-9-21(30)10-15(20)3)41-29-27(39-19(7)35)26(38-18(6)34)25(37-17(5)33)24(40-29)13-36-16(4)32/h8-10,14,24-27,29H,11-13H2,1-7H3/t24-,25-,26+,27-,29+/m1/s1. The van der Waals surface area contributed by atoms with Gasteiger partial charge in [-0.15, -0.1) is 0 Å². The summed E-state index contributed by atoms with van der Waals surface area (Å²) in [6.45, 7) is 10.9. The first kappa shape index (κ1) is 32.3. The van der Waals surface area contributed by atoms with Gasteiger partial charge in [0.1, 0.15) is 12.7 Å². The Kier molecular flexibility index (Phi) is 11.1. The number of aliphatic imine (C=N–C) groups is 1. The lowest BCUT2D eigenvalue weighted by molar-refractivity contribution is -0.291. The van der Waals surface area contributed by atoms with Crippen LogP contribution < -0.4 is 0 Å². The van der Waals surface area contributed by atoms with Gasteiger partial charge in [-0.1, -0.05) is 35.8 Å². The normalized spacial score (nSPS) is 24.0. The van der Waals surface area contributed by atoms with E-state index in [4.69, 9.17) is 28.4 Å². The van der Waals surface area contributed by atoms with Crippen LogP contribution in [0.2, 0.25) is 0 Å². The van der Waals surface area contributed by atoms with Crippen LogP contribution in [0.3, 0.4) is 0 Å². The number of halogens is 1. The van der Waals surface area contributed by atoms with E-state index in [2.05, 4.69) is 34.8 Å². The molecule has 2 heterocycles. The second kappa shape index (κ2) is 14.1. The molecule has 0 saturated carbocycles. The number of esters is 4. The van der Waals surface area contributed by atoms with Gasteiger partial charge in [-0.05, 0) is 41.7 Å². The van der Waals surface area contributed by atoms with E-state index in [0.717, 1.165) is 26.7 Å². The molecule has 0 aliphatic carbocycles. The summed E-state index contributed by atoms with van der Waals surface area (Å²) in [5.41, 5.74) is 4.08. The van der Waals surface area contributed by atoms with Crippen molar-refractivity contribution in [1.82, 2.24) is 0 Å². The average Bonchev–Trinajstić information content (AvgIpc) is 3.24. The van der Waals surface area contributed by atoms with Gasteiger partial charge >= 0.3 is 23.9 Å². The summed E-state index contributed by atoms with van der Waals surface area (Å²) >= 11 is 3.50. The molecule has 0 bridgehead atoms. The summed E-state index contributed by atoms with van der Waals surface area (Å²) in [5.74, 6) is -2.28. The van der Waals surface area contributed by atoms with E-state index < -0.39 is 54.6 Å². The topological polar surface area (TPSA) is 136 Å². The monoisotopic (exact) mass is 637 g/mol. The third-order valence-electron chi connectivity index (χ3n) is 6.58. The average molecular weight is 639 g/mol. The van der Waals surface area contributed by atoms with Gasteiger partial charge in [0, 0.05) is 44.2 Å². The molecule has 0 amide bonds. The number of carbonyl (C=O) groups is 4. The molecule has 1 saturated heterocycles. The van der Waals surface area contributed by atoms with E-state index in [-0.39, 0.29) is 18.4 Å². The Labute approximate surface area is 247 Å². The third-order valence-corrected chi connectivity index (χ3v) is 7.08. The summed E-state index contributed by atoms with van der Waals surface area (Å²) in [4.78, 5) is 52.5. The smallest absolute Gasteiger partial charge is 0.303 e. The molecule has 2 aliphatic heterocycles. The van der Waals surface area contributed by atoms with Crippen LogP contribution in [0.4, 0.5) is 0 Å². The zero-order valence-corrected chi connectivity index (χ0v) is 25.8. The molecule has 12 heteroatoms. The minimum Gasteiger partial charge on any atom is -0.463 e. The highest BCUT2D eigenvalue weighted by Crippen LogP contribution is 2.33. The molecule has 2 aliphatic rings. The second-order valence-electron chi connectivity index (χ2n) is 10.2. The van der Waals surface area contributed by atoms with Crippen LogP contribution in [0.25, 0.3) is 0 Å². The number of rotatable bonds is 9. The molecule has 1 aromatic rings. The first-order valence-electron chi connectivity index (χ1n) is 13.3. The van der Waals surface area contributed by atoms with Crippen molar-refractivity contribution in [3.63, 3.8) is 0 Å². The maximum absolute atomic E-state index is 12.2. The molecule has 224 valence electrons. The molecule has 1 fully saturated rings. The molecule has 0 radical (unpaired) electrons. The Morgan fingerprint density at radius 2 is 1.56 bits per heavy atom. The molecule has 0 N–H and O–H groups in total. The summed E-state index contributed by atoms with van der Waals surface area (Å²) in [7, 11) is 0. The van der Waals surface area contributed by atoms with Gasteiger partial charge < -0.3 is 28.4 Å². The Morgan fingerprint density at radius 3 is 2.12 bits per heavy atom. The van der Waals surface area contributed by atoms with E-state index in [1.165, 1.54) is 27.7 Å². The molecular formula is C29H36BrNO10. The molecule has 3 rings (SSSR count). The van der Waals surface area contributed by atoms with Crippen LogP contribution >= 0.6 is 15.9 Å². The molecular weight excluding hydrogens is 602 g/mol. The largest absolute Gasteiger partial charge is 0.463 e. The number of nitrogens with zero attached hydrogens (tertiary/aromatic N) is 1. The van der Waals surface area contributed by atoms with Gasteiger partial charge in [0.25, 0.3) is 0 Å². The quantitative estimate of drug-likeness (QED) is 0.291. The van der Waals surface area contributed by atoms with Crippen molar-refractivity contribution in [2.24, 2.45) is 10.9 Å². The minimum absolute atomic E-state index is 0.168. The number of benzene rings is 1. The van der Waals surface area contributed by atoms with Gasteiger partial charge in [0.15, 0.2) is 12.2 Å². The lowest BCUT2D eigenvalue weighted by atomic mass is 9.93. The zero-order valence-electron chi connectivity index (χ0n) is 24.2. The van der Waals surface area contributed by atoms with Gasteiger partial charge in [-0.25, -0.2) is 4.99 Å². The van der Waals surface area contributed by atoms with Crippen molar-refractivity contribution in [2.45, 2.75) is 85.6 Å². The van der Waals surface area contributed by atoms with Gasteiger partial charge in [0.05, 0.1) is 6.54 Å². The predicted octanol–water partition coefficient (Wildman–Crippen LogP) is 3.76. The molecule has 0 aromatic heterocycles. The van der Waals surface area contributed by atoms with Gasteiger partial charge in [0.2, 0.25) is 18.3 Å².